The minimum absolute atomic E-state index is 0.00376. The van der Waals surface area contributed by atoms with E-state index >= 15 is 0 Å². The summed E-state index contributed by atoms with van der Waals surface area (Å²) < 4.78 is 39.8. The van der Waals surface area contributed by atoms with E-state index in [0.29, 0.717) is 36.1 Å². The van der Waals surface area contributed by atoms with Gasteiger partial charge in [0.15, 0.2) is 6.10 Å². The highest BCUT2D eigenvalue weighted by Crippen LogP contribution is 2.43. The first-order valence-electron chi connectivity index (χ1n) is 23.0. The first-order chi connectivity index (χ1) is 30.5. The molecule has 1 heterocycles. The van der Waals surface area contributed by atoms with Gasteiger partial charge in [0, 0.05) is 12.8 Å². The van der Waals surface area contributed by atoms with E-state index in [2.05, 4.69) is 123 Å². The van der Waals surface area contributed by atoms with Crippen molar-refractivity contribution in [2.75, 3.05) is 47.5 Å². The predicted octanol–water partition coefficient (Wildman–Crippen LogP) is 12.4. The Morgan fingerprint density at radius 1 is 0.556 bits per heavy atom. The third-order valence-corrected chi connectivity index (χ3v) is 10.1. The lowest BCUT2D eigenvalue weighted by Crippen LogP contribution is -2.37. The normalized spacial score (nSPS) is 17.9. The van der Waals surface area contributed by atoms with Gasteiger partial charge in [-0.15, -0.1) is 0 Å². The Labute approximate surface area is 381 Å². The number of rotatable bonds is 38. The van der Waals surface area contributed by atoms with Gasteiger partial charge in [-0.25, -0.2) is 4.57 Å². The molecule has 10 nitrogen and oxygen atoms in total. The number of hydrogen-bond acceptors (Lipinski definition) is 8. The molecule has 352 valence electrons. The van der Waals surface area contributed by atoms with Crippen molar-refractivity contribution in [3.63, 3.8) is 0 Å². The number of esters is 2. The molecule has 0 aromatic carbocycles. The molecule has 1 rings (SSSR count). The number of epoxide rings is 1. The smallest absolute Gasteiger partial charge is 0.462 e. The maximum absolute atomic E-state index is 12.7. The molecule has 0 radical (unpaired) electrons. The number of ether oxygens (including phenoxy) is 3. The zero-order valence-corrected chi connectivity index (χ0v) is 40.1. The Morgan fingerprint density at radius 3 is 1.38 bits per heavy atom. The van der Waals surface area contributed by atoms with E-state index in [1.165, 1.54) is 0 Å². The summed E-state index contributed by atoms with van der Waals surface area (Å²) in [5.41, 5.74) is 0. The third-order valence-electron chi connectivity index (χ3n) is 9.11. The van der Waals surface area contributed by atoms with Crippen LogP contribution in [0.3, 0.4) is 0 Å². The Morgan fingerprint density at radius 2 is 0.937 bits per heavy atom. The lowest BCUT2D eigenvalue weighted by molar-refractivity contribution is -0.870. The molecule has 63 heavy (non-hydrogen) atoms. The van der Waals surface area contributed by atoms with Crippen LogP contribution in [-0.2, 0) is 37.4 Å². The Balaban J connectivity index is 2.38. The zero-order valence-electron chi connectivity index (χ0n) is 39.2. The molecule has 4 atom stereocenters. The molecule has 1 aliphatic rings. The Bertz CT molecular complexity index is 1590. The summed E-state index contributed by atoms with van der Waals surface area (Å²) in [4.78, 5) is 35.4. The number of phosphoric acid groups is 1. The number of carbonyl (C=O) groups is 2. The molecule has 0 aromatic rings. The molecule has 0 bridgehead atoms. The van der Waals surface area contributed by atoms with E-state index in [4.69, 9.17) is 23.3 Å². The quantitative estimate of drug-likeness (QED) is 0.0212. The van der Waals surface area contributed by atoms with Crippen molar-refractivity contribution in [1.29, 1.82) is 0 Å². The lowest BCUT2D eigenvalue weighted by atomic mass is 10.1. The summed E-state index contributed by atoms with van der Waals surface area (Å²) >= 11 is 0. The average Bonchev–Trinajstić information content (AvgIpc) is 3.99. The first-order valence-corrected chi connectivity index (χ1v) is 24.5. The van der Waals surface area contributed by atoms with Crippen LogP contribution < -0.4 is 0 Å². The molecule has 0 aliphatic carbocycles. The van der Waals surface area contributed by atoms with E-state index < -0.39 is 32.5 Å². The molecule has 1 aliphatic heterocycles. The molecule has 0 spiro atoms. The molecular formula is C52H81NO9P+. The van der Waals surface area contributed by atoms with Crippen molar-refractivity contribution in [2.45, 2.75) is 135 Å². The Kier molecular flexibility index (Phi) is 35.0. The number of allylic oxidation sites excluding steroid dienone is 20. The van der Waals surface area contributed by atoms with Gasteiger partial charge in [-0.2, -0.15) is 0 Å². The predicted molar refractivity (Wildman–Crippen MR) is 260 cm³/mol. The minimum atomic E-state index is -4.43. The van der Waals surface area contributed by atoms with E-state index in [0.717, 1.165) is 77.0 Å². The maximum Gasteiger partial charge on any atom is 0.472 e. The van der Waals surface area contributed by atoms with Crippen LogP contribution in [0.1, 0.15) is 117 Å². The van der Waals surface area contributed by atoms with Gasteiger partial charge in [0.05, 0.1) is 40.0 Å². The van der Waals surface area contributed by atoms with Gasteiger partial charge in [-0.05, 0) is 89.9 Å². The van der Waals surface area contributed by atoms with Gasteiger partial charge >= 0.3 is 19.8 Å². The molecule has 1 N–H and O–H groups in total. The van der Waals surface area contributed by atoms with Gasteiger partial charge in [-0.1, -0.05) is 148 Å². The third kappa shape index (κ3) is 39.4. The van der Waals surface area contributed by atoms with E-state index in [1.807, 2.05) is 45.4 Å². The largest absolute Gasteiger partial charge is 0.472 e. The number of phosphoric ester groups is 1. The molecule has 3 unspecified atom stereocenters. The first kappa shape index (κ1) is 57.1. The highest BCUT2D eigenvalue weighted by Gasteiger charge is 2.36. The van der Waals surface area contributed by atoms with Crippen molar-refractivity contribution < 1.29 is 46.8 Å². The van der Waals surface area contributed by atoms with Crippen molar-refractivity contribution in [1.82, 2.24) is 0 Å². The average molecular weight is 895 g/mol. The monoisotopic (exact) mass is 895 g/mol. The number of hydrogen-bond donors (Lipinski definition) is 1. The van der Waals surface area contributed by atoms with Crippen LogP contribution in [0, 0.1) is 0 Å². The Hall–Kier alpha value is -3.89. The van der Waals surface area contributed by atoms with Crippen molar-refractivity contribution in [3.05, 3.63) is 134 Å². The summed E-state index contributed by atoms with van der Waals surface area (Å²) in [5, 5.41) is 0. The van der Waals surface area contributed by atoms with Crippen molar-refractivity contribution in [3.8, 4) is 0 Å². The number of carbonyl (C=O) groups excluding carboxylic acids is 2. The summed E-state index contributed by atoms with van der Waals surface area (Å²) in [6.07, 6.45) is 58.6. The van der Waals surface area contributed by atoms with Gasteiger partial charge in [0.1, 0.15) is 19.8 Å². The molecular weight excluding hydrogens is 814 g/mol. The van der Waals surface area contributed by atoms with Crippen molar-refractivity contribution >= 4 is 19.8 Å². The second kappa shape index (κ2) is 38.6. The summed E-state index contributed by atoms with van der Waals surface area (Å²) in [6, 6.07) is 0. The molecule has 11 heteroatoms. The fourth-order valence-corrected chi connectivity index (χ4v) is 6.20. The molecule has 1 saturated heterocycles. The number of nitrogens with zero attached hydrogens (tertiary/aromatic N) is 1. The zero-order chi connectivity index (χ0) is 46.1. The number of quaternary nitrogens is 1. The molecule has 0 amide bonds. The maximum atomic E-state index is 12.7. The highest BCUT2D eigenvalue weighted by molar-refractivity contribution is 7.47. The van der Waals surface area contributed by atoms with Crippen LogP contribution in [0.15, 0.2) is 134 Å². The second-order valence-electron chi connectivity index (χ2n) is 16.1. The van der Waals surface area contributed by atoms with Gasteiger partial charge < -0.3 is 23.6 Å². The second-order valence-corrected chi connectivity index (χ2v) is 17.5. The standard InChI is InChI=1S/C52H80NO9P/c1-6-8-10-11-12-13-14-15-16-17-18-19-20-21-25-28-31-34-38-42-51(54)58-46-48(47-60-63(56,57)59-45-44-53(3,4)5)61-52(55)43-39-35-32-29-26-23-22-24-27-30-33-37-41-50-49(62-50)40-36-9-7-2/h8-10,12-13,15-16,18-19,21,23-27,31-37,48-50H,6-7,11,14,17,20,22,28-30,38-47H2,1-5H3/p+1/b10-8-,13-12-,16-15-,19-18-,25-21-,26-23-,27-24-,34-31-,35-32-,36-9-,37-33-/t48-,49?,50?/m1/s1. The van der Waals surface area contributed by atoms with Crippen LogP contribution >= 0.6 is 7.82 Å². The topological polar surface area (TPSA) is 121 Å². The fraction of sp³-hybridized carbons (Fsp3) is 0.538. The minimum Gasteiger partial charge on any atom is -0.462 e. The van der Waals surface area contributed by atoms with Gasteiger partial charge in [0.2, 0.25) is 0 Å². The van der Waals surface area contributed by atoms with Crippen LogP contribution in [0.5, 0.6) is 0 Å². The van der Waals surface area contributed by atoms with Gasteiger partial charge in [-0.3, -0.25) is 18.6 Å². The van der Waals surface area contributed by atoms with Crippen molar-refractivity contribution in [2.24, 2.45) is 0 Å². The highest BCUT2D eigenvalue weighted by atomic mass is 31.2. The fourth-order valence-electron chi connectivity index (χ4n) is 5.46. The van der Waals surface area contributed by atoms with Crippen LogP contribution in [0.4, 0.5) is 0 Å². The molecule has 0 saturated carbocycles. The van der Waals surface area contributed by atoms with Crippen LogP contribution in [-0.4, -0.2) is 87.1 Å². The lowest BCUT2D eigenvalue weighted by Gasteiger charge is -2.24. The van der Waals surface area contributed by atoms with Crippen LogP contribution in [0.25, 0.3) is 0 Å². The molecule has 0 aromatic heterocycles. The van der Waals surface area contributed by atoms with E-state index in [9.17, 15) is 19.0 Å². The van der Waals surface area contributed by atoms with Crippen LogP contribution in [0.2, 0.25) is 0 Å². The van der Waals surface area contributed by atoms with E-state index in [1.54, 1.807) is 0 Å². The SMILES string of the molecule is CC/C=C\C/C=C\C/C=C\C/C=C\C/C=C\C/C=C\CCC(=O)OC[C@H](COP(=O)(O)OCC[N+](C)(C)C)OC(=O)CC/C=C\C/C=C\C/C=C\C/C=C\CC1OC1C/C=C\CC. The summed E-state index contributed by atoms with van der Waals surface area (Å²) in [7, 11) is 1.36. The summed E-state index contributed by atoms with van der Waals surface area (Å²) in [5.74, 6) is -1.02. The molecule has 1 fully saturated rings. The van der Waals surface area contributed by atoms with E-state index in [-0.39, 0.29) is 26.1 Å². The number of likely N-dealkylation sites (N-methyl/N-ethyl adjacent to an activating group) is 1. The summed E-state index contributed by atoms with van der Waals surface area (Å²) in [6.45, 7) is 3.97. The van der Waals surface area contributed by atoms with Gasteiger partial charge in [0.25, 0.3) is 0 Å².